The van der Waals surface area contributed by atoms with E-state index in [4.69, 9.17) is 11.6 Å². The minimum Gasteiger partial charge on any atom is -0.294 e. The van der Waals surface area contributed by atoms with Crippen molar-refractivity contribution in [1.82, 2.24) is 4.98 Å². The van der Waals surface area contributed by atoms with Gasteiger partial charge in [0.15, 0.2) is 5.78 Å². The molecule has 88 valence electrons. The maximum absolute atomic E-state index is 12.0. The van der Waals surface area contributed by atoms with Gasteiger partial charge in [-0.15, -0.1) is 11.6 Å². The van der Waals surface area contributed by atoms with Gasteiger partial charge in [-0.1, -0.05) is 13.8 Å². The van der Waals surface area contributed by atoms with Crippen molar-refractivity contribution in [1.29, 1.82) is 0 Å². The van der Waals surface area contributed by atoms with Gasteiger partial charge >= 0.3 is 0 Å². The highest BCUT2D eigenvalue weighted by Gasteiger charge is 2.16. The molecule has 0 aliphatic carbocycles. The molecule has 1 aromatic heterocycles. The summed E-state index contributed by atoms with van der Waals surface area (Å²) in [6.45, 7) is 4.14. The van der Waals surface area contributed by atoms with Crippen molar-refractivity contribution in [2.24, 2.45) is 0 Å². The molecule has 0 unspecified atom stereocenters. The van der Waals surface area contributed by atoms with Gasteiger partial charge in [-0.05, 0) is 33.8 Å². The number of nitrogens with zero attached hydrogens (tertiary/aromatic N) is 1. The first-order chi connectivity index (χ1) is 7.57. The van der Waals surface area contributed by atoms with Gasteiger partial charge in [0.2, 0.25) is 0 Å². The Morgan fingerprint density at radius 1 is 1.50 bits per heavy atom. The zero-order valence-corrected chi connectivity index (χ0v) is 11.8. The fraction of sp³-hybridized carbons (Fsp3) is 0.500. The number of hydrogen-bond acceptors (Lipinski definition) is 2. The van der Waals surface area contributed by atoms with Crippen LogP contribution in [0.4, 0.5) is 0 Å². The van der Waals surface area contributed by atoms with Crippen molar-refractivity contribution in [2.45, 2.75) is 32.6 Å². The Hall–Kier alpha value is -0.410. The third-order valence-corrected chi connectivity index (χ3v) is 3.25. The topological polar surface area (TPSA) is 30.0 Å². The zero-order chi connectivity index (χ0) is 12.1. The maximum Gasteiger partial charge on any atom is 0.164 e. The first-order valence-electron chi connectivity index (χ1n) is 5.30. The number of halogens is 2. The molecule has 1 aromatic rings. The summed E-state index contributed by atoms with van der Waals surface area (Å²) in [5, 5.41) is 0. The van der Waals surface area contributed by atoms with Crippen LogP contribution in [0.25, 0.3) is 0 Å². The molecular weight excluding hydrogens is 289 g/mol. The van der Waals surface area contributed by atoms with Crippen LogP contribution in [-0.2, 0) is 0 Å². The molecular formula is C12H15BrClNO. The van der Waals surface area contributed by atoms with E-state index in [9.17, 15) is 4.79 Å². The van der Waals surface area contributed by atoms with Gasteiger partial charge in [-0.25, -0.2) is 0 Å². The Labute approximate surface area is 110 Å². The minimum atomic E-state index is 0.123. The van der Waals surface area contributed by atoms with Crippen LogP contribution in [0.3, 0.4) is 0 Å². The lowest BCUT2D eigenvalue weighted by atomic mass is 9.95. The molecule has 16 heavy (non-hydrogen) atoms. The molecule has 0 aliphatic heterocycles. The lowest BCUT2D eigenvalue weighted by molar-refractivity contribution is 0.0980. The number of alkyl halides is 1. The van der Waals surface area contributed by atoms with Gasteiger partial charge in [0.25, 0.3) is 0 Å². The maximum atomic E-state index is 12.0. The number of carbonyl (C=O) groups excluding carboxylic acids is 1. The van der Waals surface area contributed by atoms with Gasteiger partial charge in [0.05, 0.1) is 0 Å². The number of pyridine rings is 1. The second-order valence-electron chi connectivity index (χ2n) is 3.95. The van der Waals surface area contributed by atoms with Crippen molar-refractivity contribution < 1.29 is 4.79 Å². The fourth-order valence-electron chi connectivity index (χ4n) is 1.62. The molecule has 0 bridgehead atoms. The van der Waals surface area contributed by atoms with Crippen molar-refractivity contribution in [3.05, 3.63) is 28.0 Å². The summed E-state index contributed by atoms with van der Waals surface area (Å²) in [5.74, 6) is 0.940. The Balaban J connectivity index is 3.03. The van der Waals surface area contributed by atoms with Crippen LogP contribution in [0, 0.1) is 0 Å². The molecule has 0 amide bonds. The molecule has 0 aliphatic rings. The molecule has 0 saturated carbocycles. The van der Waals surface area contributed by atoms with Gasteiger partial charge < -0.3 is 0 Å². The van der Waals surface area contributed by atoms with E-state index in [1.165, 1.54) is 0 Å². The molecule has 4 heteroatoms. The largest absolute Gasteiger partial charge is 0.294 e. The van der Waals surface area contributed by atoms with Crippen molar-refractivity contribution in [3.8, 4) is 0 Å². The number of aromatic nitrogens is 1. The van der Waals surface area contributed by atoms with Crippen LogP contribution in [0.15, 0.2) is 16.9 Å². The molecule has 1 rings (SSSR count). The van der Waals surface area contributed by atoms with Gasteiger partial charge in [0.1, 0.15) is 0 Å². The lowest BCUT2D eigenvalue weighted by Crippen LogP contribution is -2.07. The van der Waals surface area contributed by atoms with Gasteiger partial charge in [-0.3, -0.25) is 9.78 Å². The van der Waals surface area contributed by atoms with Crippen LogP contribution >= 0.6 is 27.5 Å². The number of rotatable bonds is 5. The standard InChI is InChI=1S/C12H15BrClNO/c1-8(2)12-9(6-15-7-10(12)13)11(16)4-3-5-14/h6-8H,3-5H2,1-2H3. The second-order valence-corrected chi connectivity index (χ2v) is 5.19. The molecule has 0 fully saturated rings. The molecule has 0 aromatic carbocycles. The third kappa shape index (κ3) is 3.29. The Morgan fingerprint density at radius 3 is 2.75 bits per heavy atom. The van der Waals surface area contributed by atoms with E-state index in [2.05, 4.69) is 34.8 Å². The summed E-state index contributed by atoms with van der Waals surface area (Å²) in [6, 6.07) is 0. The molecule has 0 saturated heterocycles. The van der Waals surface area contributed by atoms with Crippen molar-refractivity contribution in [2.75, 3.05) is 5.88 Å². The first-order valence-corrected chi connectivity index (χ1v) is 6.63. The highest BCUT2D eigenvalue weighted by molar-refractivity contribution is 9.10. The minimum absolute atomic E-state index is 0.123. The molecule has 1 heterocycles. The highest BCUT2D eigenvalue weighted by atomic mass is 79.9. The predicted molar refractivity (Wildman–Crippen MR) is 70.3 cm³/mol. The number of carbonyl (C=O) groups is 1. The number of Topliss-reactive ketones (excluding diaryl/α,β-unsaturated/α-hetero) is 1. The van der Waals surface area contributed by atoms with Crippen LogP contribution in [0.2, 0.25) is 0 Å². The molecule has 0 spiro atoms. The van der Waals surface area contributed by atoms with Crippen LogP contribution in [0.1, 0.15) is 48.5 Å². The summed E-state index contributed by atoms with van der Waals surface area (Å²) >= 11 is 9.03. The average molecular weight is 305 g/mol. The average Bonchev–Trinajstić information content (AvgIpc) is 2.24. The second kappa shape index (κ2) is 6.36. The monoisotopic (exact) mass is 303 g/mol. The SMILES string of the molecule is CC(C)c1c(Br)cncc1C(=O)CCCCl. The summed E-state index contributed by atoms with van der Waals surface area (Å²) in [6.07, 6.45) is 4.58. The number of hydrogen-bond donors (Lipinski definition) is 0. The first kappa shape index (κ1) is 13.7. The number of ketones is 1. The molecule has 0 atom stereocenters. The summed E-state index contributed by atoms with van der Waals surface area (Å²) in [5.41, 5.74) is 1.75. The Kier molecular flexibility index (Phi) is 5.42. The van der Waals surface area contributed by atoms with Gasteiger partial charge in [0, 0.05) is 34.7 Å². The van der Waals surface area contributed by atoms with E-state index >= 15 is 0 Å². The van der Waals surface area contributed by atoms with Gasteiger partial charge in [-0.2, -0.15) is 0 Å². The van der Waals surface area contributed by atoms with Crippen molar-refractivity contribution in [3.63, 3.8) is 0 Å². The normalized spacial score (nSPS) is 10.8. The van der Waals surface area contributed by atoms with Crippen LogP contribution in [-0.4, -0.2) is 16.6 Å². The Morgan fingerprint density at radius 2 is 2.19 bits per heavy atom. The van der Waals surface area contributed by atoms with Crippen molar-refractivity contribution >= 4 is 33.3 Å². The van der Waals surface area contributed by atoms with E-state index in [0.29, 0.717) is 24.6 Å². The quantitative estimate of drug-likeness (QED) is 0.603. The predicted octanol–water partition coefficient (Wildman–Crippen LogP) is 4.17. The highest BCUT2D eigenvalue weighted by Crippen LogP contribution is 2.28. The molecule has 2 nitrogen and oxygen atoms in total. The summed E-state index contributed by atoms with van der Waals surface area (Å²) in [4.78, 5) is 16.0. The van der Waals surface area contributed by atoms with E-state index in [1.54, 1.807) is 12.4 Å². The molecule has 0 radical (unpaired) electrons. The third-order valence-electron chi connectivity index (χ3n) is 2.35. The molecule has 0 N–H and O–H groups in total. The van der Waals surface area contributed by atoms with E-state index in [-0.39, 0.29) is 5.78 Å². The van der Waals surface area contributed by atoms with Crippen LogP contribution < -0.4 is 0 Å². The van der Waals surface area contributed by atoms with E-state index in [1.807, 2.05) is 0 Å². The Bertz CT molecular complexity index is 379. The van der Waals surface area contributed by atoms with E-state index < -0.39 is 0 Å². The lowest BCUT2D eigenvalue weighted by Gasteiger charge is -2.13. The fourth-order valence-corrected chi connectivity index (χ4v) is 2.54. The summed E-state index contributed by atoms with van der Waals surface area (Å²) in [7, 11) is 0. The van der Waals surface area contributed by atoms with E-state index in [0.717, 1.165) is 15.6 Å². The van der Waals surface area contributed by atoms with Crippen LogP contribution in [0.5, 0.6) is 0 Å². The smallest absolute Gasteiger partial charge is 0.164 e. The zero-order valence-electron chi connectivity index (χ0n) is 9.46. The summed E-state index contributed by atoms with van der Waals surface area (Å²) < 4.78 is 0.902.